The minimum Gasteiger partial charge on any atom is -0.469 e. The fraction of sp³-hybridized carbons (Fsp3) is 0.350. The second-order valence-electron chi connectivity index (χ2n) is 6.91. The Bertz CT molecular complexity index is 924. The predicted octanol–water partition coefficient (Wildman–Crippen LogP) is 1.58. The number of amides is 2. The van der Waals surface area contributed by atoms with Gasteiger partial charge in [0.05, 0.1) is 17.2 Å². The molecule has 0 aliphatic carbocycles. The number of furan rings is 1. The van der Waals surface area contributed by atoms with Crippen molar-refractivity contribution in [1.29, 1.82) is 0 Å². The minimum atomic E-state index is -0.681. The van der Waals surface area contributed by atoms with E-state index in [-0.39, 0.29) is 36.7 Å². The molecule has 1 fully saturated rings. The molecule has 158 valence electrons. The normalized spacial score (nSPS) is 17.9. The smallest absolute Gasteiger partial charge is 0.325 e. The molecule has 1 aliphatic rings. The van der Waals surface area contributed by atoms with Crippen molar-refractivity contribution in [3.63, 3.8) is 0 Å². The highest BCUT2D eigenvalue weighted by atomic mass is 16.6. The van der Waals surface area contributed by atoms with Crippen LogP contribution < -0.4 is 5.32 Å². The van der Waals surface area contributed by atoms with Crippen LogP contribution in [0.3, 0.4) is 0 Å². The van der Waals surface area contributed by atoms with Crippen LogP contribution in [0.15, 0.2) is 47.1 Å². The standard InChI is InChI=1S/C20H21N3O7/c1-13(24)21-19-17(9-8-16-3-2-10-29-16)22(20(19)26)11-18(25)30-12-14-4-6-15(7-5-14)23(27)28/h2-7,10,17,19H,8-9,11-12H2,1H3,(H,21,24)/t17-,19+/m1/s1. The number of carbonyl (C=O) groups excluding carboxylic acids is 3. The van der Waals surface area contributed by atoms with Crippen LogP contribution in [-0.4, -0.2) is 46.2 Å². The number of hydrogen-bond donors (Lipinski definition) is 1. The Hall–Kier alpha value is -3.69. The number of aryl methyl sites for hydroxylation is 1. The number of β-lactam (4-membered cyclic amide) rings is 1. The zero-order valence-electron chi connectivity index (χ0n) is 16.3. The van der Waals surface area contributed by atoms with Crippen molar-refractivity contribution in [1.82, 2.24) is 10.2 Å². The van der Waals surface area contributed by atoms with E-state index in [1.165, 1.54) is 36.1 Å². The molecule has 0 unspecified atom stereocenters. The van der Waals surface area contributed by atoms with E-state index in [1.807, 2.05) is 6.07 Å². The third-order valence-electron chi connectivity index (χ3n) is 4.81. The van der Waals surface area contributed by atoms with E-state index in [0.717, 1.165) is 5.76 Å². The summed E-state index contributed by atoms with van der Waals surface area (Å²) in [6.07, 6.45) is 2.62. The van der Waals surface area contributed by atoms with Crippen molar-refractivity contribution in [3.05, 3.63) is 64.1 Å². The lowest BCUT2D eigenvalue weighted by Crippen LogP contribution is -2.71. The zero-order valence-corrected chi connectivity index (χ0v) is 16.3. The lowest BCUT2D eigenvalue weighted by molar-refractivity contribution is -0.384. The van der Waals surface area contributed by atoms with Crippen molar-refractivity contribution in [2.24, 2.45) is 0 Å². The highest BCUT2D eigenvalue weighted by Gasteiger charge is 2.48. The van der Waals surface area contributed by atoms with Crippen LogP contribution in [0.1, 0.15) is 24.7 Å². The summed E-state index contributed by atoms with van der Waals surface area (Å²) >= 11 is 0. The summed E-state index contributed by atoms with van der Waals surface area (Å²) in [4.78, 5) is 47.5. The van der Waals surface area contributed by atoms with Gasteiger partial charge in [0.15, 0.2) is 0 Å². The summed E-state index contributed by atoms with van der Waals surface area (Å²) in [6, 6.07) is 8.20. The lowest BCUT2D eigenvalue weighted by Gasteiger charge is -2.46. The van der Waals surface area contributed by atoms with Gasteiger partial charge in [-0.2, -0.15) is 0 Å². The van der Waals surface area contributed by atoms with E-state index in [1.54, 1.807) is 12.3 Å². The number of rotatable bonds is 9. The van der Waals surface area contributed by atoms with Crippen LogP contribution in [0.2, 0.25) is 0 Å². The number of ether oxygens (including phenoxy) is 1. The molecule has 2 atom stereocenters. The molecule has 0 saturated carbocycles. The zero-order chi connectivity index (χ0) is 21.7. The number of esters is 1. The number of carbonyl (C=O) groups is 3. The molecule has 0 bridgehead atoms. The second-order valence-corrected chi connectivity index (χ2v) is 6.91. The number of nitrogens with one attached hydrogen (secondary N) is 1. The molecular weight excluding hydrogens is 394 g/mol. The van der Waals surface area contributed by atoms with Gasteiger partial charge in [-0.15, -0.1) is 0 Å². The fourth-order valence-electron chi connectivity index (χ4n) is 3.31. The fourth-order valence-corrected chi connectivity index (χ4v) is 3.31. The van der Waals surface area contributed by atoms with E-state index < -0.39 is 16.9 Å². The number of likely N-dealkylation sites (tertiary alicyclic amines) is 1. The Kier molecular flexibility index (Phi) is 6.45. The van der Waals surface area contributed by atoms with Gasteiger partial charge in [0, 0.05) is 25.5 Å². The summed E-state index contributed by atoms with van der Waals surface area (Å²) in [5.74, 6) is -0.527. The lowest BCUT2D eigenvalue weighted by atomic mass is 9.90. The maximum absolute atomic E-state index is 12.4. The topological polar surface area (TPSA) is 132 Å². The number of non-ortho nitro benzene ring substituents is 1. The minimum absolute atomic E-state index is 0.0559. The van der Waals surface area contributed by atoms with E-state index in [0.29, 0.717) is 18.4 Å². The molecule has 2 aromatic rings. The molecule has 1 aromatic heterocycles. The van der Waals surface area contributed by atoms with Crippen LogP contribution in [0.25, 0.3) is 0 Å². The molecule has 1 aliphatic heterocycles. The number of nitrogens with zero attached hydrogens (tertiary/aromatic N) is 2. The maximum Gasteiger partial charge on any atom is 0.325 e. The van der Waals surface area contributed by atoms with Gasteiger partial charge in [-0.3, -0.25) is 24.5 Å². The predicted molar refractivity (Wildman–Crippen MR) is 103 cm³/mol. The molecule has 1 aromatic carbocycles. The molecule has 2 heterocycles. The highest BCUT2D eigenvalue weighted by Crippen LogP contribution is 2.25. The first-order chi connectivity index (χ1) is 14.3. The van der Waals surface area contributed by atoms with Gasteiger partial charge in [0.25, 0.3) is 5.69 Å². The van der Waals surface area contributed by atoms with E-state index in [2.05, 4.69) is 5.32 Å². The highest BCUT2D eigenvalue weighted by molar-refractivity contribution is 5.95. The number of hydrogen-bond acceptors (Lipinski definition) is 7. The Morgan fingerprint density at radius 2 is 2.00 bits per heavy atom. The molecule has 0 spiro atoms. The van der Waals surface area contributed by atoms with Crippen LogP contribution in [0.4, 0.5) is 5.69 Å². The molecule has 1 N–H and O–H groups in total. The van der Waals surface area contributed by atoms with Crippen LogP contribution in [-0.2, 0) is 32.1 Å². The van der Waals surface area contributed by atoms with Crippen molar-refractivity contribution in [2.45, 2.75) is 38.5 Å². The molecule has 0 radical (unpaired) electrons. The Balaban J connectivity index is 1.55. The van der Waals surface area contributed by atoms with Gasteiger partial charge < -0.3 is 19.4 Å². The summed E-state index contributed by atoms with van der Waals surface area (Å²) in [5.41, 5.74) is 0.536. The number of nitro benzene ring substituents is 1. The van der Waals surface area contributed by atoms with E-state index >= 15 is 0 Å². The van der Waals surface area contributed by atoms with Gasteiger partial charge in [-0.1, -0.05) is 0 Å². The van der Waals surface area contributed by atoms with Gasteiger partial charge in [0.1, 0.15) is 25.0 Å². The first-order valence-electron chi connectivity index (χ1n) is 9.34. The molecular formula is C20H21N3O7. The molecule has 2 amide bonds. The SMILES string of the molecule is CC(=O)N[C@@H]1C(=O)N(CC(=O)OCc2ccc([N+](=O)[O-])cc2)[C@@H]1CCc1ccco1. The number of benzene rings is 1. The third kappa shape index (κ3) is 5.02. The van der Waals surface area contributed by atoms with Crippen LogP contribution >= 0.6 is 0 Å². The first kappa shape index (κ1) is 21.0. The van der Waals surface area contributed by atoms with Crippen molar-refractivity contribution >= 4 is 23.5 Å². The quantitative estimate of drug-likeness (QED) is 0.285. The average Bonchev–Trinajstić information content (AvgIpc) is 3.24. The molecule has 30 heavy (non-hydrogen) atoms. The summed E-state index contributed by atoms with van der Waals surface area (Å²) in [7, 11) is 0. The van der Waals surface area contributed by atoms with Gasteiger partial charge in [-0.25, -0.2) is 0 Å². The van der Waals surface area contributed by atoms with Crippen molar-refractivity contribution in [2.75, 3.05) is 6.54 Å². The Morgan fingerprint density at radius 1 is 1.27 bits per heavy atom. The largest absolute Gasteiger partial charge is 0.469 e. The van der Waals surface area contributed by atoms with E-state index in [4.69, 9.17) is 9.15 Å². The Morgan fingerprint density at radius 3 is 2.60 bits per heavy atom. The third-order valence-corrected chi connectivity index (χ3v) is 4.81. The average molecular weight is 415 g/mol. The molecule has 3 rings (SSSR count). The van der Waals surface area contributed by atoms with Gasteiger partial charge >= 0.3 is 5.97 Å². The van der Waals surface area contributed by atoms with Crippen LogP contribution in [0, 0.1) is 10.1 Å². The Labute approximate surface area is 171 Å². The van der Waals surface area contributed by atoms with Crippen molar-refractivity contribution < 1.29 is 28.5 Å². The van der Waals surface area contributed by atoms with E-state index in [9.17, 15) is 24.5 Å². The molecule has 1 saturated heterocycles. The maximum atomic E-state index is 12.4. The van der Waals surface area contributed by atoms with Gasteiger partial charge in [0.2, 0.25) is 11.8 Å². The van der Waals surface area contributed by atoms with Crippen molar-refractivity contribution in [3.8, 4) is 0 Å². The summed E-state index contributed by atoms with van der Waals surface area (Å²) < 4.78 is 10.5. The molecule has 10 nitrogen and oxygen atoms in total. The van der Waals surface area contributed by atoms with Gasteiger partial charge in [-0.05, 0) is 36.2 Å². The molecule has 10 heteroatoms. The number of nitro groups is 1. The summed E-state index contributed by atoms with van der Waals surface area (Å²) in [5, 5.41) is 13.3. The monoisotopic (exact) mass is 415 g/mol. The van der Waals surface area contributed by atoms with Crippen LogP contribution in [0.5, 0.6) is 0 Å². The summed E-state index contributed by atoms with van der Waals surface area (Å²) in [6.45, 7) is 1.02. The first-order valence-corrected chi connectivity index (χ1v) is 9.34. The second kappa shape index (κ2) is 9.21.